The molecule has 0 fully saturated rings. The summed E-state index contributed by atoms with van der Waals surface area (Å²) in [6.07, 6.45) is 3.55. The summed E-state index contributed by atoms with van der Waals surface area (Å²) in [5, 5.41) is 0. The summed E-state index contributed by atoms with van der Waals surface area (Å²) in [5.41, 5.74) is 11.3. The van der Waals surface area contributed by atoms with Crippen LogP contribution < -0.4 is 9.80 Å². The number of benzene rings is 6. The summed E-state index contributed by atoms with van der Waals surface area (Å²) < 4.78 is 4.48. The van der Waals surface area contributed by atoms with E-state index in [1.165, 1.54) is 0 Å². The SMILES string of the molecule is c1ccc(-n2c(-c3cccc(N4CCN(c5cccc(-c6nc7ccccc7n6-c6ccccc6)c5)c5ncncc54)c3)nc3ccccc32)cc1. The third-order valence-electron chi connectivity index (χ3n) is 9.75. The van der Waals surface area contributed by atoms with E-state index in [1.807, 2.05) is 30.5 Å². The average Bonchev–Trinajstić information content (AvgIpc) is 3.81. The molecule has 0 saturated heterocycles. The van der Waals surface area contributed by atoms with Gasteiger partial charge in [0.25, 0.3) is 0 Å². The fraction of sp³-hybridized carbons (Fsp3) is 0.0455. The van der Waals surface area contributed by atoms with Gasteiger partial charge in [-0.25, -0.2) is 19.9 Å². The molecule has 8 nitrogen and oxygen atoms in total. The maximum atomic E-state index is 5.12. The second kappa shape index (κ2) is 12.4. The van der Waals surface area contributed by atoms with Crippen LogP contribution in [0, 0.1) is 0 Å². The highest BCUT2D eigenvalue weighted by atomic mass is 15.3. The van der Waals surface area contributed by atoms with Gasteiger partial charge in [-0.05, 0) is 72.8 Å². The van der Waals surface area contributed by atoms with Gasteiger partial charge in [0.15, 0.2) is 5.82 Å². The maximum absolute atomic E-state index is 5.12. The molecule has 0 bridgehead atoms. The van der Waals surface area contributed by atoms with E-state index >= 15 is 0 Å². The van der Waals surface area contributed by atoms with E-state index in [0.29, 0.717) is 0 Å². The first kappa shape index (κ1) is 29.8. The van der Waals surface area contributed by atoms with Gasteiger partial charge in [-0.1, -0.05) is 84.9 Å². The van der Waals surface area contributed by atoms with Crippen molar-refractivity contribution in [2.45, 2.75) is 0 Å². The summed E-state index contributed by atoms with van der Waals surface area (Å²) in [6, 6.07) is 54.7. The lowest BCUT2D eigenvalue weighted by Crippen LogP contribution is -2.37. The Labute approximate surface area is 300 Å². The van der Waals surface area contributed by atoms with Crippen molar-refractivity contribution in [3.63, 3.8) is 0 Å². The first-order valence-corrected chi connectivity index (χ1v) is 17.4. The van der Waals surface area contributed by atoms with Gasteiger partial charge in [0.2, 0.25) is 0 Å². The molecule has 9 aromatic rings. The van der Waals surface area contributed by atoms with Crippen LogP contribution in [0.5, 0.6) is 0 Å². The van der Waals surface area contributed by atoms with Crippen molar-refractivity contribution >= 4 is 44.9 Å². The summed E-state index contributed by atoms with van der Waals surface area (Å²) >= 11 is 0. The van der Waals surface area contributed by atoms with E-state index in [1.54, 1.807) is 6.33 Å². The van der Waals surface area contributed by atoms with Crippen molar-refractivity contribution in [2.75, 3.05) is 22.9 Å². The molecule has 0 amide bonds. The monoisotopic (exact) mass is 672 g/mol. The number of imidazole rings is 2. The van der Waals surface area contributed by atoms with Crippen molar-refractivity contribution in [1.82, 2.24) is 29.1 Å². The fourth-order valence-electron chi connectivity index (χ4n) is 7.40. The number of aromatic nitrogens is 6. The number of hydrogen-bond donors (Lipinski definition) is 0. The van der Waals surface area contributed by atoms with Crippen LogP contribution in [-0.4, -0.2) is 42.2 Å². The van der Waals surface area contributed by atoms with E-state index in [9.17, 15) is 0 Å². The molecule has 8 heteroatoms. The van der Waals surface area contributed by atoms with Crippen LogP contribution in [0.15, 0.2) is 170 Å². The molecule has 0 spiro atoms. The predicted octanol–water partition coefficient (Wildman–Crippen LogP) is 9.78. The Hall–Kier alpha value is -7.06. The van der Waals surface area contributed by atoms with Gasteiger partial charge in [-0.3, -0.25) is 9.13 Å². The molecule has 4 heterocycles. The second-order valence-electron chi connectivity index (χ2n) is 12.8. The highest BCUT2D eigenvalue weighted by Crippen LogP contribution is 2.41. The number of rotatable bonds is 6. The lowest BCUT2D eigenvalue weighted by molar-refractivity contribution is 0.825. The minimum atomic E-state index is 0.731. The molecule has 10 rings (SSSR count). The van der Waals surface area contributed by atoms with Gasteiger partial charge in [0.1, 0.15) is 23.7 Å². The molecule has 0 atom stereocenters. The Morgan fingerprint density at radius 3 is 1.50 bits per heavy atom. The molecule has 0 unspecified atom stereocenters. The quantitative estimate of drug-likeness (QED) is 0.175. The smallest absolute Gasteiger partial charge is 0.160 e. The fourth-order valence-corrected chi connectivity index (χ4v) is 7.40. The molecule has 248 valence electrons. The van der Waals surface area contributed by atoms with E-state index in [0.717, 1.165) is 92.2 Å². The zero-order valence-electron chi connectivity index (χ0n) is 28.2. The molecular formula is C44H32N8. The maximum Gasteiger partial charge on any atom is 0.160 e. The molecule has 0 radical (unpaired) electrons. The van der Waals surface area contributed by atoms with Crippen molar-refractivity contribution in [1.29, 1.82) is 0 Å². The number of anilines is 4. The zero-order chi connectivity index (χ0) is 34.4. The van der Waals surface area contributed by atoms with Gasteiger partial charge < -0.3 is 9.80 Å². The first-order valence-electron chi connectivity index (χ1n) is 17.4. The van der Waals surface area contributed by atoms with E-state index in [2.05, 4.69) is 157 Å². The molecule has 3 aromatic heterocycles. The van der Waals surface area contributed by atoms with E-state index in [-0.39, 0.29) is 0 Å². The van der Waals surface area contributed by atoms with Crippen LogP contribution in [0.1, 0.15) is 0 Å². The van der Waals surface area contributed by atoms with Crippen LogP contribution in [0.2, 0.25) is 0 Å². The Balaban J connectivity index is 1.03. The van der Waals surface area contributed by atoms with Gasteiger partial charge in [0.05, 0.1) is 28.3 Å². The standard InChI is InChI=1S/C44H32N8/c1-3-15-33(16-4-1)51-39-23-9-7-21-37(39)47-42(51)31-13-11-19-35(27-31)49-25-26-50(44-41(49)29-45-30-46-44)36-20-12-14-32(28-36)43-48-38-22-8-10-24-40(38)52(43)34-17-5-2-6-18-34/h1-24,27-30H,25-26H2. The van der Waals surface area contributed by atoms with Crippen LogP contribution in [-0.2, 0) is 0 Å². The van der Waals surface area contributed by atoms with Crippen molar-refractivity contribution < 1.29 is 0 Å². The second-order valence-corrected chi connectivity index (χ2v) is 12.8. The summed E-state index contributed by atoms with van der Waals surface area (Å²) in [5.74, 6) is 2.65. The molecule has 0 N–H and O–H groups in total. The van der Waals surface area contributed by atoms with E-state index in [4.69, 9.17) is 15.0 Å². The lowest BCUT2D eigenvalue weighted by atomic mass is 10.1. The largest absolute Gasteiger partial charge is 0.335 e. The van der Waals surface area contributed by atoms with Gasteiger partial charge >= 0.3 is 0 Å². The highest BCUT2D eigenvalue weighted by molar-refractivity contribution is 5.87. The molecule has 0 aliphatic carbocycles. The average molecular weight is 673 g/mol. The van der Waals surface area contributed by atoms with Crippen molar-refractivity contribution in [2.24, 2.45) is 0 Å². The summed E-state index contributed by atoms with van der Waals surface area (Å²) in [6.45, 7) is 1.47. The number of para-hydroxylation sites is 6. The molecular weight excluding hydrogens is 641 g/mol. The molecule has 0 saturated carbocycles. The van der Waals surface area contributed by atoms with Gasteiger partial charge in [-0.15, -0.1) is 0 Å². The Morgan fingerprint density at radius 2 is 0.923 bits per heavy atom. The topological polar surface area (TPSA) is 67.9 Å². The molecule has 1 aliphatic rings. The third kappa shape index (κ3) is 5.00. The normalized spacial score (nSPS) is 12.8. The Bertz CT molecular complexity index is 2530. The van der Waals surface area contributed by atoms with Crippen molar-refractivity contribution in [3.8, 4) is 34.2 Å². The lowest BCUT2D eigenvalue weighted by Gasteiger charge is -2.37. The molecule has 1 aliphatic heterocycles. The van der Waals surface area contributed by atoms with Gasteiger partial charge in [0, 0.05) is 47.0 Å². The van der Waals surface area contributed by atoms with Crippen molar-refractivity contribution in [3.05, 3.63) is 170 Å². The number of hydrogen-bond acceptors (Lipinski definition) is 6. The van der Waals surface area contributed by atoms with Crippen LogP contribution in [0.4, 0.5) is 22.9 Å². The third-order valence-corrected chi connectivity index (χ3v) is 9.75. The highest BCUT2D eigenvalue weighted by Gasteiger charge is 2.27. The zero-order valence-corrected chi connectivity index (χ0v) is 28.2. The summed E-state index contributed by atoms with van der Waals surface area (Å²) in [4.78, 5) is 24.2. The van der Waals surface area contributed by atoms with Crippen LogP contribution in [0.25, 0.3) is 56.2 Å². The Kier molecular flexibility index (Phi) is 7.09. The first-order chi connectivity index (χ1) is 25.8. The Morgan fingerprint density at radius 1 is 0.442 bits per heavy atom. The minimum absolute atomic E-state index is 0.731. The van der Waals surface area contributed by atoms with Crippen LogP contribution >= 0.6 is 0 Å². The molecule has 52 heavy (non-hydrogen) atoms. The van der Waals surface area contributed by atoms with E-state index < -0.39 is 0 Å². The molecule has 6 aromatic carbocycles. The summed E-state index contributed by atoms with van der Waals surface area (Å²) in [7, 11) is 0. The van der Waals surface area contributed by atoms with Gasteiger partial charge in [-0.2, -0.15) is 0 Å². The number of fused-ring (bicyclic) bond motifs is 3. The number of nitrogens with zero attached hydrogens (tertiary/aromatic N) is 8. The van der Waals surface area contributed by atoms with Crippen LogP contribution in [0.3, 0.4) is 0 Å². The minimum Gasteiger partial charge on any atom is -0.335 e. The predicted molar refractivity (Wildman–Crippen MR) is 209 cm³/mol.